The fourth-order valence-electron chi connectivity index (χ4n) is 3.13. The molecule has 3 rings (SSSR count). The summed E-state index contributed by atoms with van der Waals surface area (Å²) in [5, 5.41) is 7.33. The summed E-state index contributed by atoms with van der Waals surface area (Å²) < 4.78 is 0. The van der Waals surface area contributed by atoms with Crippen molar-refractivity contribution >= 4 is 0 Å². The second-order valence-corrected chi connectivity index (χ2v) is 5.79. The molecule has 0 spiro atoms. The number of aromatic nitrogens is 2. The van der Waals surface area contributed by atoms with Crippen molar-refractivity contribution in [2.45, 2.75) is 32.4 Å². The van der Waals surface area contributed by atoms with E-state index >= 15 is 0 Å². The lowest BCUT2D eigenvalue weighted by molar-refractivity contribution is 0.322. The van der Waals surface area contributed by atoms with E-state index in [0.717, 1.165) is 25.3 Å². The van der Waals surface area contributed by atoms with Crippen LogP contribution in [-0.2, 0) is 6.54 Å². The Morgan fingerprint density at radius 1 is 1.25 bits per heavy atom. The van der Waals surface area contributed by atoms with Crippen molar-refractivity contribution in [3.8, 4) is 0 Å². The highest BCUT2D eigenvalue weighted by atomic mass is 15.2. The van der Waals surface area contributed by atoms with Crippen LogP contribution in [0.3, 0.4) is 0 Å². The molecule has 2 heterocycles. The lowest BCUT2D eigenvalue weighted by Crippen LogP contribution is -2.28. The number of H-pyrrole nitrogens is 1. The van der Waals surface area contributed by atoms with E-state index in [0.29, 0.717) is 5.92 Å². The lowest BCUT2D eigenvalue weighted by Gasteiger charge is -2.16. The Bertz CT molecular complexity index is 556. The molecule has 106 valence electrons. The number of hydrogen-bond donors (Lipinski definition) is 2. The molecule has 1 aromatic heterocycles. The number of benzene rings is 1. The third-order valence-electron chi connectivity index (χ3n) is 4.33. The van der Waals surface area contributed by atoms with Crippen molar-refractivity contribution in [3.05, 3.63) is 52.8 Å². The SMILES string of the molecule is Cc1n[nH]c(C)c1CN1C[C@@H](N)[C@H](c2ccccc2)C1. The lowest BCUT2D eigenvalue weighted by atomic mass is 9.95. The van der Waals surface area contributed by atoms with Gasteiger partial charge in [0, 0.05) is 42.9 Å². The largest absolute Gasteiger partial charge is 0.326 e. The van der Waals surface area contributed by atoms with E-state index < -0.39 is 0 Å². The molecular formula is C16H22N4. The molecule has 4 heteroatoms. The van der Waals surface area contributed by atoms with Crippen molar-refractivity contribution in [2.24, 2.45) is 5.73 Å². The van der Waals surface area contributed by atoms with Crippen LogP contribution in [0.1, 0.15) is 28.4 Å². The fourth-order valence-corrected chi connectivity index (χ4v) is 3.13. The summed E-state index contributed by atoms with van der Waals surface area (Å²) in [6.07, 6.45) is 0. The summed E-state index contributed by atoms with van der Waals surface area (Å²) in [4.78, 5) is 2.44. The smallest absolute Gasteiger partial charge is 0.0639 e. The maximum Gasteiger partial charge on any atom is 0.0639 e. The van der Waals surface area contributed by atoms with Crippen molar-refractivity contribution in [1.82, 2.24) is 15.1 Å². The van der Waals surface area contributed by atoms with Crippen LogP contribution >= 0.6 is 0 Å². The minimum Gasteiger partial charge on any atom is -0.326 e. The van der Waals surface area contributed by atoms with Gasteiger partial charge in [-0.3, -0.25) is 10.00 Å². The zero-order valence-electron chi connectivity index (χ0n) is 12.1. The van der Waals surface area contributed by atoms with Crippen LogP contribution in [0.2, 0.25) is 0 Å². The van der Waals surface area contributed by atoms with Gasteiger partial charge in [-0.15, -0.1) is 0 Å². The van der Waals surface area contributed by atoms with Gasteiger partial charge in [-0.1, -0.05) is 30.3 Å². The molecule has 0 radical (unpaired) electrons. The maximum absolute atomic E-state index is 6.34. The van der Waals surface area contributed by atoms with E-state index in [9.17, 15) is 0 Å². The van der Waals surface area contributed by atoms with Gasteiger partial charge < -0.3 is 5.73 Å². The van der Waals surface area contributed by atoms with Crippen LogP contribution in [0.15, 0.2) is 30.3 Å². The molecule has 20 heavy (non-hydrogen) atoms. The van der Waals surface area contributed by atoms with Gasteiger partial charge in [-0.2, -0.15) is 5.10 Å². The van der Waals surface area contributed by atoms with Gasteiger partial charge in [0.15, 0.2) is 0 Å². The zero-order chi connectivity index (χ0) is 14.1. The standard InChI is InChI=1S/C16H22N4/c1-11-14(12(2)19-18-11)8-20-9-15(16(17)10-20)13-6-4-3-5-7-13/h3-7,15-16H,8-10,17H2,1-2H3,(H,18,19)/t15-,16+/m0/s1. The van der Waals surface area contributed by atoms with Gasteiger partial charge in [0.2, 0.25) is 0 Å². The first-order chi connectivity index (χ1) is 9.65. The molecule has 4 nitrogen and oxygen atoms in total. The van der Waals surface area contributed by atoms with E-state index in [1.807, 2.05) is 0 Å². The molecular weight excluding hydrogens is 248 g/mol. The second kappa shape index (κ2) is 5.38. The number of nitrogens with one attached hydrogen (secondary N) is 1. The number of hydrogen-bond acceptors (Lipinski definition) is 3. The first kappa shape index (κ1) is 13.3. The molecule has 1 saturated heterocycles. The van der Waals surface area contributed by atoms with Crippen LogP contribution in [0, 0.1) is 13.8 Å². The van der Waals surface area contributed by atoms with Gasteiger partial charge in [0.1, 0.15) is 0 Å². The summed E-state index contributed by atoms with van der Waals surface area (Å²) in [7, 11) is 0. The van der Waals surface area contributed by atoms with Gasteiger partial charge >= 0.3 is 0 Å². The fraction of sp³-hybridized carbons (Fsp3) is 0.438. The van der Waals surface area contributed by atoms with E-state index in [1.54, 1.807) is 0 Å². The van der Waals surface area contributed by atoms with E-state index in [4.69, 9.17) is 5.73 Å². The molecule has 1 aliphatic rings. The van der Waals surface area contributed by atoms with Gasteiger partial charge in [-0.25, -0.2) is 0 Å². The molecule has 1 aromatic carbocycles. The Morgan fingerprint density at radius 2 is 2.00 bits per heavy atom. The molecule has 2 atom stereocenters. The molecule has 2 aromatic rings. The van der Waals surface area contributed by atoms with Crippen LogP contribution in [0.4, 0.5) is 0 Å². The Labute approximate surface area is 120 Å². The zero-order valence-corrected chi connectivity index (χ0v) is 12.1. The van der Waals surface area contributed by atoms with Crippen LogP contribution in [-0.4, -0.2) is 34.2 Å². The highest BCUT2D eigenvalue weighted by molar-refractivity contribution is 5.26. The number of nitrogens with two attached hydrogens (primary N) is 1. The van der Waals surface area contributed by atoms with Crippen LogP contribution in [0.25, 0.3) is 0 Å². The minimum absolute atomic E-state index is 0.213. The number of rotatable bonds is 3. The topological polar surface area (TPSA) is 57.9 Å². The van der Waals surface area contributed by atoms with E-state index in [2.05, 4.69) is 59.3 Å². The summed E-state index contributed by atoms with van der Waals surface area (Å²) in [5.74, 6) is 0.434. The summed E-state index contributed by atoms with van der Waals surface area (Å²) in [5.41, 5.74) is 11.3. The summed E-state index contributed by atoms with van der Waals surface area (Å²) >= 11 is 0. The van der Waals surface area contributed by atoms with Crippen molar-refractivity contribution in [1.29, 1.82) is 0 Å². The Kier molecular flexibility index (Phi) is 3.59. The van der Waals surface area contributed by atoms with E-state index in [-0.39, 0.29) is 6.04 Å². The molecule has 0 saturated carbocycles. The predicted molar refractivity (Wildman–Crippen MR) is 80.5 cm³/mol. The molecule has 1 aliphatic heterocycles. The van der Waals surface area contributed by atoms with E-state index in [1.165, 1.54) is 16.8 Å². The minimum atomic E-state index is 0.213. The predicted octanol–water partition coefficient (Wildman–Crippen LogP) is 1.95. The van der Waals surface area contributed by atoms with Crippen LogP contribution in [0.5, 0.6) is 0 Å². The van der Waals surface area contributed by atoms with Crippen LogP contribution < -0.4 is 5.73 Å². The van der Waals surface area contributed by atoms with Gasteiger partial charge in [0.05, 0.1) is 5.69 Å². The van der Waals surface area contributed by atoms with Gasteiger partial charge in [-0.05, 0) is 19.4 Å². The van der Waals surface area contributed by atoms with Gasteiger partial charge in [0.25, 0.3) is 0 Å². The quantitative estimate of drug-likeness (QED) is 0.896. The summed E-state index contributed by atoms with van der Waals surface area (Å²) in [6.45, 7) is 7.05. The van der Waals surface area contributed by atoms with Crippen molar-refractivity contribution in [3.63, 3.8) is 0 Å². The third kappa shape index (κ3) is 2.49. The molecule has 0 unspecified atom stereocenters. The highest BCUT2D eigenvalue weighted by Gasteiger charge is 2.31. The molecule has 0 amide bonds. The third-order valence-corrected chi connectivity index (χ3v) is 4.33. The molecule has 0 bridgehead atoms. The monoisotopic (exact) mass is 270 g/mol. The highest BCUT2D eigenvalue weighted by Crippen LogP contribution is 2.28. The van der Waals surface area contributed by atoms with Crippen molar-refractivity contribution < 1.29 is 0 Å². The Morgan fingerprint density at radius 3 is 2.65 bits per heavy atom. The number of likely N-dealkylation sites (tertiary alicyclic amines) is 1. The maximum atomic E-state index is 6.34. The molecule has 1 fully saturated rings. The molecule has 0 aliphatic carbocycles. The average Bonchev–Trinajstić information content (AvgIpc) is 2.97. The molecule has 3 N–H and O–H groups in total. The average molecular weight is 270 g/mol. The summed E-state index contributed by atoms with van der Waals surface area (Å²) in [6, 6.07) is 10.8. The second-order valence-electron chi connectivity index (χ2n) is 5.79. The Balaban J connectivity index is 1.73. The first-order valence-corrected chi connectivity index (χ1v) is 7.18. The first-order valence-electron chi connectivity index (χ1n) is 7.18. The number of aromatic amines is 1. The van der Waals surface area contributed by atoms with Crippen molar-refractivity contribution in [2.75, 3.05) is 13.1 Å². The number of aryl methyl sites for hydroxylation is 2. The normalized spacial score (nSPS) is 23.4. The Hall–Kier alpha value is -1.65. The number of nitrogens with zero attached hydrogens (tertiary/aromatic N) is 2.